The summed E-state index contributed by atoms with van der Waals surface area (Å²) in [5.74, 6) is 0.334. The van der Waals surface area contributed by atoms with Gasteiger partial charge in [0, 0.05) is 0 Å². The highest BCUT2D eigenvalue weighted by Crippen LogP contribution is 2.29. The van der Waals surface area contributed by atoms with Gasteiger partial charge in [0.25, 0.3) is 5.56 Å². The number of ether oxygens (including phenoxy) is 1. The molecule has 0 bridgehead atoms. The van der Waals surface area contributed by atoms with Crippen LogP contribution >= 0.6 is 0 Å². The average molecular weight is 210 g/mol. The Balaban J connectivity index is 2.34. The monoisotopic (exact) mass is 210 g/mol. The molecule has 5 heteroatoms. The Morgan fingerprint density at radius 1 is 1.53 bits per heavy atom. The molecule has 1 unspecified atom stereocenters. The highest BCUT2D eigenvalue weighted by molar-refractivity contribution is 5.70. The number of aromatic nitrogens is 2. The van der Waals surface area contributed by atoms with Crippen LogP contribution < -0.4 is 10.3 Å². The van der Waals surface area contributed by atoms with E-state index < -0.39 is 6.29 Å². The summed E-state index contributed by atoms with van der Waals surface area (Å²) in [5, 5.41) is 14.5. The molecule has 0 amide bonds. The van der Waals surface area contributed by atoms with E-state index in [4.69, 9.17) is 4.74 Å². The Hall–Kier alpha value is -1.49. The molecule has 1 aromatic heterocycles. The fourth-order valence-corrected chi connectivity index (χ4v) is 1.71. The molecule has 0 radical (unpaired) electrons. The van der Waals surface area contributed by atoms with Crippen molar-refractivity contribution >= 4 is 5.57 Å². The Morgan fingerprint density at radius 3 is 3.07 bits per heavy atom. The van der Waals surface area contributed by atoms with Crippen molar-refractivity contribution < 1.29 is 9.84 Å². The van der Waals surface area contributed by atoms with Crippen molar-refractivity contribution in [3.8, 4) is 5.88 Å². The van der Waals surface area contributed by atoms with Gasteiger partial charge in [-0.1, -0.05) is 13.3 Å². The zero-order valence-electron chi connectivity index (χ0n) is 8.54. The molecule has 2 heterocycles. The minimum absolute atomic E-state index is 0.195. The molecule has 2 rings (SSSR count). The van der Waals surface area contributed by atoms with Crippen LogP contribution in [-0.2, 0) is 0 Å². The molecule has 15 heavy (non-hydrogen) atoms. The minimum Gasteiger partial charge on any atom is -0.444 e. The van der Waals surface area contributed by atoms with Crippen LogP contribution in [0.2, 0.25) is 0 Å². The van der Waals surface area contributed by atoms with Crippen molar-refractivity contribution in [3.63, 3.8) is 0 Å². The molecular formula is C10H14N2O3. The van der Waals surface area contributed by atoms with Crippen LogP contribution in [-0.4, -0.2) is 21.6 Å². The van der Waals surface area contributed by atoms with Crippen LogP contribution in [0.3, 0.4) is 0 Å². The van der Waals surface area contributed by atoms with Gasteiger partial charge in [-0.3, -0.25) is 15.0 Å². The first kappa shape index (κ1) is 10.0. The molecule has 0 aromatic carbocycles. The van der Waals surface area contributed by atoms with Crippen molar-refractivity contribution in [2.75, 3.05) is 0 Å². The number of nitrogens with one attached hydrogen (secondary N) is 2. The van der Waals surface area contributed by atoms with Crippen LogP contribution in [0, 0.1) is 0 Å². The topological polar surface area (TPSA) is 78.1 Å². The molecule has 0 aliphatic carbocycles. The fourth-order valence-electron chi connectivity index (χ4n) is 1.71. The van der Waals surface area contributed by atoms with Crippen molar-refractivity contribution in [1.82, 2.24) is 10.2 Å². The van der Waals surface area contributed by atoms with E-state index in [0.717, 1.165) is 24.8 Å². The van der Waals surface area contributed by atoms with Crippen LogP contribution in [0.1, 0.15) is 31.7 Å². The molecule has 5 nitrogen and oxygen atoms in total. The Bertz CT molecular complexity index is 430. The largest absolute Gasteiger partial charge is 0.444 e. The summed E-state index contributed by atoms with van der Waals surface area (Å²) in [5.41, 5.74) is 1.18. The lowest BCUT2D eigenvalue weighted by Gasteiger charge is -2.17. The molecule has 1 aliphatic rings. The molecule has 1 aliphatic heterocycles. The summed E-state index contributed by atoms with van der Waals surface area (Å²) in [7, 11) is 0. The number of unbranched alkanes of at least 4 members (excludes halogenated alkanes) is 1. The summed E-state index contributed by atoms with van der Waals surface area (Å²) < 4.78 is 5.06. The molecule has 1 atom stereocenters. The van der Waals surface area contributed by atoms with Gasteiger partial charge in [0.2, 0.25) is 12.2 Å². The number of aliphatic hydroxyl groups is 1. The van der Waals surface area contributed by atoms with Crippen LogP contribution in [0.5, 0.6) is 5.88 Å². The van der Waals surface area contributed by atoms with E-state index in [0.29, 0.717) is 11.4 Å². The van der Waals surface area contributed by atoms with Gasteiger partial charge in [0.15, 0.2) is 0 Å². The third-order valence-electron chi connectivity index (χ3n) is 2.45. The number of fused-ring (bicyclic) bond motifs is 1. The SMILES string of the molecule is CCCCC1=CC(O)Oc2[nH][nH]c(=O)c21. The third kappa shape index (κ3) is 1.83. The Kier molecular flexibility index (Phi) is 2.64. The van der Waals surface area contributed by atoms with E-state index in [1.807, 2.05) is 0 Å². The lowest BCUT2D eigenvalue weighted by Crippen LogP contribution is -2.19. The third-order valence-corrected chi connectivity index (χ3v) is 2.45. The van der Waals surface area contributed by atoms with Gasteiger partial charge in [-0.15, -0.1) is 0 Å². The highest BCUT2D eigenvalue weighted by atomic mass is 16.6. The van der Waals surface area contributed by atoms with Gasteiger partial charge in [-0.2, -0.15) is 0 Å². The van der Waals surface area contributed by atoms with Crippen molar-refractivity contribution in [3.05, 3.63) is 22.0 Å². The van der Waals surface area contributed by atoms with Crippen LogP contribution in [0.15, 0.2) is 10.9 Å². The van der Waals surface area contributed by atoms with E-state index in [1.54, 1.807) is 6.08 Å². The van der Waals surface area contributed by atoms with Gasteiger partial charge in [-0.25, -0.2) is 0 Å². The summed E-state index contributed by atoms with van der Waals surface area (Å²) in [6, 6.07) is 0. The number of aliphatic hydroxyl groups excluding tert-OH is 1. The number of hydrogen-bond donors (Lipinski definition) is 3. The van der Waals surface area contributed by atoms with Crippen molar-refractivity contribution in [2.24, 2.45) is 0 Å². The molecule has 82 valence electrons. The van der Waals surface area contributed by atoms with Crippen LogP contribution in [0.25, 0.3) is 5.57 Å². The lowest BCUT2D eigenvalue weighted by atomic mass is 10.0. The first-order valence-corrected chi connectivity index (χ1v) is 5.08. The quantitative estimate of drug-likeness (QED) is 0.696. The van der Waals surface area contributed by atoms with Gasteiger partial charge in [-0.05, 0) is 24.5 Å². The van der Waals surface area contributed by atoms with Gasteiger partial charge in [0.1, 0.15) is 5.56 Å². The summed E-state index contributed by atoms with van der Waals surface area (Å²) in [4.78, 5) is 11.5. The number of H-pyrrole nitrogens is 2. The number of aromatic amines is 2. The van der Waals surface area contributed by atoms with Gasteiger partial charge < -0.3 is 9.84 Å². The van der Waals surface area contributed by atoms with Crippen LogP contribution in [0.4, 0.5) is 0 Å². The predicted molar refractivity (Wildman–Crippen MR) is 55.6 cm³/mol. The summed E-state index contributed by atoms with van der Waals surface area (Å²) >= 11 is 0. The smallest absolute Gasteiger partial charge is 0.275 e. The number of allylic oxidation sites excluding steroid dienone is 1. The maximum Gasteiger partial charge on any atom is 0.275 e. The maximum absolute atomic E-state index is 11.5. The van der Waals surface area contributed by atoms with E-state index in [9.17, 15) is 9.90 Å². The molecule has 1 aromatic rings. The summed E-state index contributed by atoms with van der Waals surface area (Å²) in [6.07, 6.45) is 3.44. The second-order valence-electron chi connectivity index (χ2n) is 3.59. The minimum atomic E-state index is -0.962. The molecule has 0 spiro atoms. The van der Waals surface area contributed by atoms with Crippen molar-refractivity contribution in [1.29, 1.82) is 0 Å². The fraction of sp³-hybridized carbons (Fsp3) is 0.500. The second-order valence-corrected chi connectivity index (χ2v) is 3.59. The first-order chi connectivity index (χ1) is 7.22. The normalized spacial score (nSPS) is 19.3. The average Bonchev–Trinajstić information content (AvgIpc) is 2.56. The van der Waals surface area contributed by atoms with E-state index >= 15 is 0 Å². The van der Waals surface area contributed by atoms with E-state index in [1.165, 1.54) is 0 Å². The molecule has 0 fully saturated rings. The first-order valence-electron chi connectivity index (χ1n) is 5.08. The van der Waals surface area contributed by atoms with E-state index in [2.05, 4.69) is 17.1 Å². The number of rotatable bonds is 3. The molecular weight excluding hydrogens is 196 g/mol. The molecule has 0 saturated heterocycles. The molecule has 0 saturated carbocycles. The Morgan fingerprint density at radius 2 is 2.33 bits per heavy atom. The van der Waals surface area contributed by atoms with E-state index in [-0.39, 0.29) is 5.56 Å². The zero-order chi connectivity index (χ0) is 10.8. The highest BCUT2D eigenvalue weighted by Gasteiger charge is 2.23. The lowest BCUT2D eigenvalue weighted by molar-refractivity contribution is 0.0186. The van der Waals surface area contributed by atoms with Gasteiger partial charge in [0.05, 0.1) is 0 Å². The summed E-state index contributed by atoms with van der Waals surface area (Å²) in [6.45, 7) is 2.08. The van der Waals surface area contributed by atoms with Gasteiger partial charge >= 0.3 is 0 Å². The Labute approximate surface area is 86.8 Å². The number of hydrogen-bond acceptors (Lipinski definition) is 3. The maximum atomic E-state index is 11.5. The molecule has 3 N–H and O–H groups in total. The van der Waals surface area contributed by atoms with Crippen molar-refractivity contribution in [2.45, 2.75) is 32.5 Å². The zero-order valence-corrected chi connectivity index (χ0v) is 8.54. The predicted octanol–water partition coefficient (Wildman–Crippen LogP) is 0.987. The standard InChI is InChI=1S/C10H14N2O3/c1-2-3-4-6-5-7(13)15-10-8(6)9(14)11-12-10/h5,7,13H,2-4H2,1H3,(H2,11,12,14). The second kappa shape index (κ2) is 3.94.